The summed E-state index contributed by atoms with van der Waals surface area (Å²) in [6.07, 6.45) is -0.194. The Kier molecular flexibility index (Phi) is 7.76. The second-order valence-electron chi connectivity index (χ2n) is 5.84. The molecule has 3 heteroatoms. The number of hydrogen-bond acceptors (Lipinski definition) is 3. The molecule has 1 aromatic rings. The highest BCUT2D eigenvalue weighted by Gasteiger charge is 2.15. The smallest absolute Gasteiger partial charge is 0.174 e. The number of nitrogens with one attached hydrogen (secondary N) is 1. The molecule has 3 nitrogen and oxygen atoms in total. The summed E-state index contributed by atoms with van der Waals surface area (Å²) in [6, 6.07) is 6.56. The molecule has 120 valence electrons. The summed E-state index contributed by atoms with van der Waals surface area (Å²) in [5, 5.41) is 3.56. The zero-order valence-corrected chi connectivity index (χ0v) is 14.4. The van der Waals surface area contributed by atoms with E-state index < -0.39 is 0 Å². The van der Waals surface area contributed by atoms with Gasteiger partial charge in [0.1, 0.15) is 0 Å². The van der Waals surface area contributed by atoms with Crippen molar-refractivity contribution < 1.29 is 9.47 Å². The minimum atomic E-state index is -0.194. The van der Waals surface area contributed by atoms with Crippen molar-refractivity contribution in [3.63, 3.8) is 0 Å². The SMILES string of the molecule is CCOC(CNc1c(C(C)C)cccc1C(C)C)OCC. The van der Waals surface area contributed by atoms with E-state index in [0.29, 0.717) is 31.6 Å². The Morgan fingerprint density at radius 2 is 1.38 bits per heavy atom. The molecule has 0 aliphatic heterocycles. The van der Waals surface area contributed by atoms with E-state index in [-0.39, 0.29) is 6.29 Å². The Hall–Kier alpha value is -1.06. The van der Waals surface area contributed by atoms with Crippen molar-refractivity contribution in [1.82, 2.24) is 0 Å². The molecule has 0 fully saturated rings. The molecule has 1 aromatic carbocycles. The Balaban J connectivity index is 2.93. The summed E-state index contributed by atoms with van der Waals surface area (Å²) in [4.78, 5) is 0. The van der Waals surface area contributed by atoms with Crippen LogP contribution in [0.1, 0.15) is 64.5 Å². The van der Waals surface area contributed by atoms with Crippen molar-refractivity contribution >= 4 is 5.69 Å². The summed E-state index contributed by atoms with van der Waals surface area (Å²) < 4.78 is 11.2. The number of ether oxygens (including phenoxy) is 2. The lowest BCUT2D eigenvalue weighted by Gasteiger charge is -2.24. The van der Waals surface area contributed by atoms with Gasteiger partial charge in [0.25, 0.3) is 0 Å². The number of anilines is 1. The van der Waals surface area contributed by atoms with Crippen molar-refractivity contribution in [1.29, 1.82) is 0 Å². The fraction of sp³-hybridized carbons (Fsp3) is 0.667. The van der Waals surface area contributed by atoms with Crippen LogP contribution in [0.15, 0.2) is 18.2 Å². The van der Waals surface area contributed by atoms with Crippen LogP contribution in [0.4, 0.5) is 5.69 Å². The predicted molar refractivity (Wildman–Crippen MR) is 90.1 cm³/mol. The van der Waals surface area contributed by atoms with Gasteiger partial charge in [-0.2, -0.15) is 0 Å². The molecule has 0 amide bonds. The molecule has 0 spiro atoms. The average molecular weight is 293 g/mol. The molecule has 0 saturated carbocycles. The molecule has 0 aromatic heterocycles. The summed E-state index contributed by atoms with van der Waals surface area (Å²) in [5.41, 5.74) is 3.95. The van der Waals surface area contributed by atoms with Crippen molar-refractivity contribution in [3.8, 4) is 0 Å². The van der Waals surface area contributed by atoms with Crippen LogP contribution in [-0.4, -0.2) is 26.0 Å². The van der Waals surface area contributed by atoms with Crippen molar-refractivity contribution in [2.24, 2.45) is 0 Å². The van der Waals surface area contributed by atoms with Crippen LogP contribution >= 0.6 is 0 Å². The molecule has 1 rings (SSSR count). The molecule has 0 unspecified atom stereocenters. The van der Waals surface area contributed by atoms with Crippen molar-refractivity contribution in [2.45, 2.75) is 59.7 Å². The maximum atomic E-state index is 5.62. The van der Waals surface area contributed by atoms with Gasteiger partial charge in [-0.3, -0.25) is 0 Å². The Morgan fingerprint density at radius 3 is 1.76 bits per heavy atom. The first-order valence-electron chi connectivity index (χ1n) is 8.11. The molecule has 0 aliphatic rings. The van der Waals surface area contributed by atoms with E-state index in [1.807, 2.05) is 13.8 Å². The standard InChI is InChI=1S/C18H31NO2/c1-7-20-17(21-8-2)12-19-18-15(13(3)4)10-9-11-16(18)14(5)6/h9-11,13-14,17,19H,7-8,12H2,1-6H3. The van der Waals surface area contributed by atoms with E-state index in [2.05, 4.69) is 51.2 Å². The monoisotopic (exact) mass is 293 g/mol. The number of benzene rings is 1. The van der Waals surface area contributed by atoms with E-state index >= 15 is 0 Å². The maximum absolute atomic E-state index is 5.62. The molecule has 0 saturated heterocycles. The van der Waals surface area contributed by atoms with Crippen LogP contribution in [0.25, 0.3) is 0 Å². The lowest BCUT2D eigenvalue weighted by Crippen LogP contribution is -2.27. The fourth-order valence-corrected chi connectivity index (χ4v) is 2.48. The van der Waals surface area contributed by atoms with Gasteiger partial charge in [0.05, 0.1) is 6.54 Å². The minimum absolute atomic E-state index is 0.194. The Bertz CT molecular complexity index is 383. The zero-order chi connectivity index (χ0) is 15.8. The molecule has 0 atom stereocenters. The van der Waals surface area contributed by atoms with Gasteiger partial charge in [0, 0.05) is 18.9 Å². The van der Waals surface area contributed by atoms with Gasteiger partial charge in [-0.15, -0.1) is 0 Å². The van der Waals surface area contributed by atoms with Crippen molar-refractivity contribution in [2.75, 3.05) is 25.1 Å². The molecule has 0 bridgehead atoms. The third kappa shape index (κ3) is 5.33. The quantitative estimate of drug-likeness (QED) is 0.667. The molecule has 0 heterocycles. The first-order chi connectivity index (χ1) is 10.0. The van der Waals surface area contributed by atoms with E-state index in [9.17, 15) is 0 Å². The lowest BCUT2D eigenvalue weighted by molar-refractivity contribution is -0.126. The highest BCUT2D eigenvalue weighted by Crippen LogP contribution is 2.32. The first kappa shape index (κ1) is 18.0. The normalized spacial score (nSPS) is 11.7. The van der Waals surface area contributed by atoms with Crippen LogP contribution in [0.5, 0.6) is 0 Å². The third-order valence-electron chi connectivity index (χ3n) is 3.52. The second kappa shape index (κ2) is 9.06. The van der Waals surface area contributed by atoms with Crippen LogP contribution in [0, 0.1) is 0 Å². The van der Waals surface area contributed by atoms with Crippen LogP contribution in [0.2, 0.25) is 0 Å². The Morgan fingerprint density at radius 1 is 0.905 bits per heavy atom. The van der Waals surface area contributed by atoms with Gasteiger partial charge in [0.2, 0.25) is 0 Å². The van der Waals surface area contributed by atoms with Gasteiger partial charge in [0.15, 0.2) is 6.29 Å². The fourth-order valence-electron chi connectivity index (χ4n) is 2.48. The minimum Gasteiger partial charge on any atom is -0.379 e. The van der Waals surface area contributed by atoms with Crippen LogP contribution < -0.4 is 5.32 Å². The van der Waals surface area contributed by atoms with E-state index in [0.717, 1.165) is 0 Å². The number of hydrogen-bond donors (Lipinski definition) is 1. The summed E-state index contributed by atoms with van der Waals surface area (Å²) >= 11 is 0. The molecule has 1 N–H and O–H groups in total. The molecule has 0 aliphatic carbocycles. The topological polar surface area (TPSA) is 30.5 Å². The largest absolute Gasteiger partial charge is 0.379 e. The van der Waals surface area contributed by atoms with Gasteiger partial charge in [-0.1, -0.05) is 45.9 Å². The predicted octanol–water partition coefficient (Wildman–Crippen LogP) is 4.74. The lowest BCUT2D eigenvalue weighted by atomic mass is 9.92. The van der Waals surface area contributed by atoms with Crippen LogP contribution in [0.3, 0.4) is 0 Å². The zero-order valence-electron chi connectivity index (χ0n) is 14.4. The summed E-state index contributed by atoms with van der Waals surface area (Å²) in [7, 11) is 0. The highest BCUT2D eigenvalue weighted by atomic mass is 16.7. The van der Waals surface area contributed by atoms with Gasteiger partial charge < -0.3 is 14.8 Å². The average Bonchev–Trinajstić information content (AvgIpc) is 2.44. The van der Waals surface area contributed by atoms with E-state index in [1.54, 1.807) is 0 Å². The van der Waals surface area contributed by atoms with E-state index in [4.69, 9.17) is 9.47 Å². The van der Waals surface area contributed by atoms with Gasteiger partial charge in [-0.05, 0) is 36.8 Å². The summed E-state index contributed by atoms with van der Waals surface area (Å²) in [5.74, 6) is 0.979. The van der Waals surface area contributed by atoms with Crippen molar-refractivity contribution in [3.05, 3.63) is 29.3 Å². The molecular formula is C18H31NO2. The number of para-hydroxylation sites is 1. The Labute approximate surface area is 130 Å². The molecular weight excluding hydrogens is 262 g/mol. The third-order valence-corrected chi connectivity index (χ3v) is 3.52. The molecule has 21 heavy (non-hydrogen) atoms. The first-order valence-corrected chi connectivity index (χ1v) is 8.11. The number of rotatable bonds is 9. The highest BCUT2D eigenvalue weighted by molar-refractivity contribution is 5.60. The second-order valence-corrected chi connectivity index (χ2v) is 5.84. The van der Waals surface area contributed by atoms with Crippen LogP contribution in [-0.2, 0) is 9.47 Å². The molecule has 0 radical (unpaired) electrons. The van der Waals surface area contributed by atoms with E-state index in [1.165, 1.54) is 16.8 Å². The van der Waals surface area contributed by atoms with Gasteiger partial charge in [-0.25, -0.2) is 0 Å². The van der Waals surface area contributed by atoms with Gasteiger partial charge >= 0.3 is 0 Å². The maximum Gasteiger partial charge on any atom is 0.174 e. The summed E-state index contributed by atoms with van der Waals surface area (Å²) in [6.45, 7) is 14.9.